The Balaban J connectivity index is 2.14. The van der Waals surface area contributed by atoms with Gasteiger partial charge in [-0.3, -0.25) is 0 Å². The molecule has 4 heteroatoms. The predicted octanol–water partition coefficient (Wildman–Crippen LogP) is 3.55. The lowest BCUT2D eigenvalue weighted by atomic mass is 10.1. The molecule has 0 fully saturated rings. The summed E-state index contributed by atoms with van der Waals surface area (Å²) in [4.78, 5) is 14.5. The molecule has 0 aliphatic carbocycles. The molecule has 0 saturated carbocycles. The van der Waals surface area contributed by atoms with E-state index in [1.807, 2.05) is 0 Å². The van der Waals surface area contributed by atoms with E-state index < -0.39 is 5.97 Å². The Labute approximate surface area is 108 Å². The molecule has 1 aromatic rings. The van der Waals surface area contributed by atoms with Crippen molar-refractivity contribution in [1.29, 1.82) is 0 Å². The smallest absolute Gasteiger partial charge is 0.354 e. The fourth-order valence-electron chi connectivity index (χ4n) is 1.76. The van der Waals surface area contributed by atoms with Gasteiger partial charge in [-0.2, -0.15) is 0 Å². The van der Waals surface area contributed by atoms with E-state index in [1.54, 1.807) is 12.3 Å². The minimum atomic E-state index is -0.988. The molecule has 0 bridgehead atoms. The Kier molecular flexibility index (Phi) is 6.84. The van der Waals surface area contributed by atoms with Crippen LogP contribution in [0.2, 0.25) is 0 Å². The van der Waals surface area contributed by atoms with E-state index >= 15 is 0 Å². The maximum absolute atomic E-state index is 10.6. The van der Waals surface area contributed by atoms with Crippen molar-refractivity contribution in [1.82, 2.24) is 4.98 Å². The lowest BCUT2D eigenvalue weighted by Gasteiger charge is -2.06. The number of carbonyl (C=O) groups is 1. The van der Waals surface area contributed by atoms with Crippen LogP contribution < -0.4 is 5.32 Å². The molecule has 18 heavy (non-hydrogen) atoms. The van der Waals surface area contributed by atoms with E-state index in [-0.39, 0.29) is 5.69 Å². The van der Waals surface area contributed by atoms with Gasteiger partial charge in [0, 0.05) is 6.54 Å². The molecule has 2 N–H and O–H groups in total. The summed E-state index contributed by atoms with van der Waals surface area (Å²) in [7, 11) is 0. The second-order valence-corrected chi connectivity index (χ2v) is 4.43. The molecule has 0 aromatic carbocycles. The molecule has 1 rings (SSSR count). The van der Waals surface area contributed by atoms with Crippen LogP contribution in [0.25, 0.3) is 0 Å². The van der Waals surface area contributed by atoms with Crippen LogP contribution in [0.3, 0.4) is 0 Å². The van der Waals surface area contributed by atoms with Crippen molar-refractivity contribution in [2.45, 2.75) is 45.4 Å². The van der Waals surface area contributed by atoms with Crippen LogP contribution in [-0.4, -0.2) is 22.6 Å². The quantitative estimate of drug-likeness (QED) is 0.658. The van der Waals surface area contributed by atoms with Crippen molar-refractivity contribution in [2.75, 3.05) is 11.9 Å². The van der Waals surface area contributed by atoms with Gasteiger partial charge in [-0.25, -0.2) is 9.78 Å². The molecule has 0 radical (unpaired) electrons. The second kappa shape index (κ2) is 8.50. The average Bonchev–Trinajstić information content (AvgIpc) is 2.38. The number of aromatic nitrogens is 1. The molecule has 0 spiro atoms. The maximum Gasteiger partial charge on any atom is 0.354 e. The highest BCUT2D eigenvalue weighted by molar-refractivity contribution is 5.85. The van der Waals surface area contributed by atoms with Gasteiger partial charge >= 0.3 is 5.97 Å². The monoisotopic (exact) mass is 250 g/mol. The van der Waals surface area contributed by atoms with Crippen molar-refractivity contribution in [2.24, 2.45) is 0 Å². The van der Waals surface area contributed by atoms with Crippen molar-refractivity contribution < 1.29 is 9.90 Å². The first kappa shape index (κ1) is 14.5. The van der Waals surface area contributed by atoms with Gasteiger partial charge in [0.2, 0.25) is 0 Å². The third-order valence-electron chi connectivity index (χ3n) is 2.84. The highest BCUT2D eigenvalue weighted by Crippen LogP contribution is 2.08. The van der Waals surface area contributed by atoms with Crippen LogP contribution >= 0.6 is 0 Å². The van der Waals surface area contributed by atoms with Crippen molar-refractivity contribution >= 4 is 11.7 Å². The summed E-state index contributed by atoms with van der Waals surface area (Å²) < 4.78 is 0. The number of aromatic carboxylic acids is 1. The third-order valence-corrected chi connectivity index (χ3v) is 2.84. The molecular formula is C14H22N2O2. The summed E-state index contributed by atoms with van der Waals surface area (Å²) in [6.07, 6.45) is 9.18. The topological polar surface area (TPSA) is 62.2 Å². The SMILES string of the molecule is CCCCCCCCNc1ccc(C(=O)O)nc1. The molecule has 1 heterocycles. The van der Waals surface area contributed by atoms with Gasteiger partial charge in [0.05, 0.1) is 11.9 Å². The van der Waals surface area contributed by atoms with Gasteiger partial charge in [0.1, 0.15) is 5.69 Å². The molecule has 0 amide bonds. The summed E-state index contributed by atoms with van der Waals surface area (Å²) in [5.74, 6) is -0.988. The maximum atomic E-state index is 10.6. The van der Waals surface area contributed by atoms with Gasteiger partial charge in [-0.15, -0.1) is 0 Å². The summed E-state index contributed by atoms with van der Waals surface area (Å²) >= 11 is 0. The lowest BCUT2D eigenvalue weighted by Crippen LogP contribution is -2.04. The zero-order valence-corrected chi connectivity index (χ0v) is 11.0. The zero-order valence-electron chi connectivity index (χ0n) is 11.0. The van der Waals surface area contributed by atoms with Crippen LogP contribution in [0.1, 0.15) is 55.9 Å². The number of anilines is 1. The van der Waals surface area contributed by atoms with Crippen LogP contribution in [0, 0.1) is 0 Å². The van der Waals surface area contributed by atoms with Crippen molar-refractivity contribution in [3.05, 3.63) is 24.0 Å². The van der Waals surface area contributed by atoms with Gasteiger partial charge in [0.15, 0.2) is 0 Å². The second-order valence-electron chi connectivity index (χ2n) is 4.43. The summed E-state index contributed by atoms with van der Waals surface area (Å²) in [6, 6.07) is 3.28. The van der Waals surface area contributed by atoms with Gasteiger partial charge in [-0.05, 0) is 18.6 Å². The van der Waals surface area contributed by atoms with Gasteiger partial charge in [-0.1, -0.05) is 39.0 Å². The highest BCUT2D eigenvalue weighted by Gasteiger charge is 2.02. The summed E-state index contributed by atoms with van der Waals surface area (Å²) in [6.45, 7) is 3.13. The number of carboxylic acid groups (broad SMARTS) is 1. The largest absolute Gasteiger partial charge is 0.477 e. The summed E-state index contributed by atoms with van der Waals surface area (Å²) in [5.41, 5.74) is 0.966. The van der Waals surface area contributed by atoms with E-state index in [1.165, 1.54) is 38.2 Å². The van der Waals surface area contributed by atoms with E-state index in [0.717, 1.165) is 18.7 Å². The molecule has 0 aliphatic rings. The van der Waals surface area contributed by atoms with E-state index in [9.17, 15) is 4.79 Å². The zero-order chi connectivity index (χ0) is 13.2. The minimum absolute atomic E-state index is 0.0834. The average molecular weight is 250 g/mol. The number of pyridine rings is 1. The summed E-state index contributed by atoms with van der Waals surface area (Å²) in [5, 5.41) is 12.0. The number of hydrogen-bond donors (Lipinski definition) is 2. The van der Waals surface area contributed by atoms with E-state index in [2.05, 4.69) is 17.2 Å². The van der Waals surface area contributed by atoms with E-state index in [0.29, 0.717) is 0 Å². The fraction of sp³-hybridized carbons (Fsp3) is 0.571. The Morgan fingerprint density at radius 2 is 1.94 bits per heavy atom. The Morgan fingerprint density at radius 1 is 1.22 bits per heavy atom. The molecule has 4 nitrogen and oxygen atoms in total. The fourth-order valence-corrected chi connectivity index (χ4v) is 1.76. The van der Waals surface area contributed by atoms with Gasteiger partial charge in [0.25, 0.3) is 0 Å². The standard InChI is InChI=1S/C14H22N2O2/c1-2-3-4-5-6-7-10-15-12-8-9-13(14(17)18)16-11-12/h8-9,11,15H,2-7,10H2,1H3,(H,17,18). The number of rotatable bonds is 9. The molecule has 0 atom stereocenters. The lowest BCUT2D eigenvalue weighted by molar-refractivity contribution is 0.0690. The van der Waals surface area contributed by atoms with E-state index in [4.69, 9.17) is 5.11 Å². The Hall–Kier alpha value is -1.58. The molecule has 100 valence electrons. The highest BCUT2D eigenvalue weighted by atomic mass is 16.4. The third kappa shape index (κ3) is 5.66. The predicted molar refractivity (Wildman–Crippen MR) is 73.1 cm³/mol. The molecular weight excluding hydrogens is 228 g/mol. The first-order valence-electron chi connectivity index (χ1n) is 6.67. The molecule has 1 aromatic heterocycles. The number of nitrogens with zero attached hydrogens (tertiary/aromatic N) is 1. The van der Waals surface area contributed by atoms with Crippen LogP contribution in [-0.2, 0) is 0 Å². The number of hydrogen-bond acceptors (Lipinski definition) is 3. The number of unbranched alkanes of at least 4 members (excludes halogenated alkanes) is 5. The Bertz CT molecular complexity index is 349. The van der Waals surface area contributed by atoms with Crippen LogP contribution in [0.5, 0.6) is 0 Å². The van der Waals surface area contributed by atoms with Gasteiger partial charge < -0.3 is 10.4 Å². The van der Waals surface area contributed by atoms with Crippen LogP contribution in [0.15, 0.2) is 18.3 Å². The number of carboxylic acids is 1. The number of nitrogens with one attached hydrogen (secondary N) is 1. The van der Waals surface area contributed by atoms with Crippen LogP contribution in [0.4, 0.5) is 5.69 Å². The van der Waals surface area contributed by atoms with Crippen molar-refractivity contribution in [3.63, 3.8) is 0 Å². The normalized spacial score (nSPS) is 10.3. The van der Waals surface area contributed by atoms with Crippen molar-refractivity contribution in [3.8, 4) is 0 Å². The molecule has 0 aliphatic heterocycles. The molecule has 0 unspecified atom stereocenters. The first-order chi connectivity index (χ1) is 8.74. The first-order valence-corrected chi connectivity index (χ1v) is 6.67. The minimum Gasteiger partial charge on any atom is -0.477 e. The Morgan fingerprint density at radius 3 is 2.56 bits per heavy atom. The molecule has 0 saturated heterocycles.